The molecule has 18 heavy (non-hydrogen) atoms. The number of nitrogens with one attached hydrogen (secondary N) is 2. The van der Waals surface area contributed by atoms with E-state index in [0.29, 0.717) is 17.1 Å². The number of rotatable bonds is 4. The fourth-order valence-electron chi connectivity index (χ4n) is 1.42. The van der Waals surface area contributed by atoms with Crippen LogP contribution in [0.15, 0.2) is 30.7 Å². The molecule has 0 saturated heterocycles. The third-order valence-corrected chi connectivity index (χ3v) is 2.39. The Morgan fingerprint density at radius 3 is 2.83 bits per heavy atom. The van der Waals surface area contributed by atoms with Gasteiger partial charge in [0, 0.05) is 18.9 Å². The van der Waals surface area contributed by atoms with Crippen molar-refractivity contribution in [2.45, 2.75) is 13.5 Å². The normalized spacial score (nSPS) is 10.1. The van der Waals surface area contributed by atoms with Gasteiger partial charge in [0.15, 0.2) is 0 Å². The quantitative estimate of drug-likeness (QED) is 0.548. The maximum Gasteiger partial charge on any atom is 0.257 e. The summed E-state index contributed by atoms with van der Waals surface area (Å²) in [5.74, 6) is 5.46. The van der Waals surface area contributed by atoms with Crippen LogP contribution in [0.5, 0.6) is 0 Å². The second kappa shape index (κ2) is 5.28. The molecule has 1 amide bonds. The van der Waals surface area contributed by atoms with Crippen molar-refractivity contribution in [1.29, 1.82) is 0 Å². The van der Waals surface area contributed by atoms with E-state index in [1.807, 2.05) is 6.92 Å². The maximum atomic E-state index is 11.9. The number of nitrogen functional groups attached to an aromatic ring is 1. The molecule has 7 heteroatoms. The van der Waals surface area contributed by atoms with Crippen LogP contribution >= 0.6 is 0 Å². The van der Waals surface area contributed by atoms with Crippen LogP contribution in [0.2, 0.25) is 0 Å². The van der Waals surface area contributed by atoms with Gasteiger partial charge in [-0.15, -0.1) is 0 Å². The number of carbonyl (C=O) groups is 1. The summed E-state index contributed by atoms with van der Waals surface area (Å²) in [6.45, 7) is 2.73. The topological polar surface area (TPSA) is 97.9 Å². The first kappa shape index (κ1) is 12.1. The molecule has 0 aliphatic heterocycles. The average molecular weight is 246 g/mol. The van der Waals surface area contributed by atoms with Gasteiger partial charge in [-0.1, -0.05) is 0 Å². The van der Waals surface area contributed by atoms with Gasteiger partial charge in [0.1, 0.15) is 5.82 Å². The zero-order valence-corrected chi connectivity index (χ0v) is 9.92. The minimum Gasteiger partial charge on any atom is -0.319 e. The van der Waals surface area contributed by atoms with E-state index in [4.69, 9.17) is 5.84 Å². The zero-order chi connectivity index (χ0) is 13.0. The number of nitrogens with zero attached hydrogens (tertiary/aromatic N) is 3. The number of pyridine rings is 1. The molecule has 0 aliphatic carbocycles. The van der Waals surface area contributed by atoms with E-state index in [9.17, 15) is 4.79 Å². The Morgan fingerprint density at radius 2 is 2.28 bits per heavy atom. The van der Waals surface area contributed by atoms with E-state index in [-0.39, 0.29) is 5.91 Å². The van der Waals surface area contributed by atoms with Gasteiger partial charge < -0.3 is 10.7 Å². The molecule has 94 valence electrons. The van der Waals surface area contributed by atoms with Crippen LogP contribution in [0, 0.1) is 0 Å². The fraction of sp³-hybridized carbons (Fsp3) is 0.182. The molecule has 2 aromatic heterocycles. The van der Waals surface area contributed by atoms with Gasteiger partial charge in [0.25, 0.3) is 5.91 Å². The molecule has 0 bridgehead atoms. The lowest BCUT2D eigenvalue weighted by Crippen LogP contribution is -2.13. The van der Waals surface area contributed by atoms with Crippen LogP contribution in [-0.4, -0.2) is 20.7 Å². The van der Waals surface area contributed by atoms with Crippen molar-refractivity contribution in [3.63, 3.8) is 0 Å². The summed E-state index contributed by atoms with van der Waals surface area (Å²) < 4.78 is 1.73. The summed E-state index contributed by atoms with van der Waals surface area (Å²) in [5, 5.41) is 6.81. The second-order valence-corrected chi connectivity index (χ2v) is 3.62. The van der Waals surface area contributed by atoms with E-state index in [1.165, 1.54) is 6.20 Å². The van der Waals surface area contributed by atoms with E-state index in [0.717, 1.165) is 6.54 Å². The van der Waals surface area contributed by atoms with Crippen LogP contribution in [-0.2, 0) is 6.54 Å². The van der Waals surface area contributed by atoms with Crippen molar-refractivity contribution >= 4 is 17.4 Å². The molecule has 2 heterocycles. The first-order valence-corrected chi connectivity index (χ1v) is 5.49. The van der Waals surface area contributed by atoms with E-state index in [2.05, 4.69) is 20.8 Å². The molecule has 0 aliphatic rings. The van der Waals surface area contributed by atoms with Crippen LogP contribution < -0.4 is 16.6 Å². The van der Waals surface area contributed by atoms with Crippen molar-refractivity contribution in [2.24, 2.45) is 5.84 Å². The van der Waals surface area contributed by atoms with Gasteiger partial charge >= 0.3 is 0 Å². The highest BCUT2D eigenvalue weighted by Gasteiger charge is 2.07. The molecule has 0 saturated carbocycles. The summed E-state index contributed by atoms with van der Waals surface area (Å²) in [6, 6.07) is 3.27. The number of aryl methyl sites for hydroxylation is 1. The number of amides is 1. The van der Waals surface area contributed by atoms with Gasteiger partial charge in [-0.2, -0.15) is 5.10 Å². The molecule has 2 aromatic rings. The van der Waals surface area contributed by atoms with Crippen molar-refractivity contribution in [2.75, 3.05) is 10.7 Å². The largest absolute Gasteiger partial charge is 0.319 e. The predicted molar refractivity (Wildman–Crippen MR) is 67.9 cm³/mol. The Bertz CT molecular complexity index is 533. The number of nitrogens with two attached hydrogens (primary N) is 1. The van der Waals surface area contributed by atoms with Crippen LogP contribution in [0.25, 0.3) is 0 Å². The van der Waals surface area contributed by atoms with Gasteiger partial charge in [0.05, 0.1) is 17.4 Å². The molecule has 0 aromatic carbocycles. The Labute approximate surface area is 104 Å². The third-order valence-electron chi connectivity index (χ3n) is 2.39. The smallest absolute Gasteiger partial charge is 0.257 e. The summed E-state index contributed by atoms with van der Waals surface area (Å²) >= 11 is 0. The van der Waals surface area contributed by atoms with Crippen molar-refractivity contribution < 1.29 is 4.79 Å². The Hall–Kier alpha value is -2.41. The van der Waals surface area contributed by atoms with E-state index >= 15 is 0 Å². The first-order chi connectivity index (χ1) is 8.72. The maximum absolute atomic E-state index is 11.9. The predicted octanol–water partition coefficient (Wildman–Crippen LogP) is 0.836. The molecule has 0 spiro atoms. The highest BCUT2D eigenvalue weighted by molar-refractivity contribution is 6.04. The number of hydrogen-bond donors (Lipinski definition) is 3. The lowest BCUT2D eigenvalue weighted by Gasteiger charge is -2.03. The molecule has 4 N–H and O–H groups in total. The standard InChI is InChI=1S/C11H14N6O/c1-2-17-7-9(6-14-17)15-11(18)8-3-4-10(16-12)13-5-8/h3-7H,2,12H2,1H3,(H,13,16)(H,15,18). The molecule has 2 rings (SSSR count). The zero-order valence-electron chi connectivity index (χ0n) is 9.92. The highest BCUT2D eigenvalue weighted by atomic mass is 16.1. The number of hydrogen-bond acceptors (Lipinski definition) is 5. The summed E-state index contributed by atoms with van der Waals surface area (Å²) in [6.07, 6.45) is 4.82. The lowest BCUT2D eigenvalue weighted by atomic mass is 10.2. The molecule has 0 radical (unpaired) electrons. The summed E-state index contributed by atoms with van der Waals surface area (Å²) in [7, 11) is 0. The lowest BCUT2D eigenvalue weighted by molar-refractivity contribution is 0.102. The van der Waals surface area contributed by atoms with Crippen molar-refractivity contribution in [1.82, 2.24) is 14.8 Å². The molecule has 7 nitrogen and oxygen atoms in total. The van der Waals surface area contributed by atoms with E-state index < -0.39 is 0 Å². The van der Waals surface area contributed by atoms with Gasteiger partial charge in [-0.05, 0) is 19.1 Å². The molecular weight excluding hydrogens is 232 g/mol. The van der Waals surface area contributed by atoms with Crippen LogP contribution in [0.4, 0.5) is 11.5 Å². The van der Waals surface area contributed by atoms with E-state index in [1.54, 1.807) is 29.2 Å². The third kappa shape index (κ3) is 2.64. The second-order valence-electron chi connectivity index (χ2n) is 3.62. The highest BCUT2D eigenvalue weighted by Crippen LogP contribution is 2.09. The Balaban J connectivity index is 2.06. The molecule has 0 unspecified atom stereocenters. The number of aromatic nitrogens is 3. The van der Waals surface area contributed by atoms with Gasteiger partial charge in [-0.25, -0.2) is 10.8 Å². The van der Waals surface area contributed by atoms with Crippen LogP contribution in [0.1, 0.15) is 17.3 Å². The summed E-state index contributed by atoms with van der Waals surface area (Å²) in [4.78, 5) is 15.8. The van der Waals surface area contributed by atoms with Gasteiger partial charge in [-0.3, -0.25) is 9.48 Å². The average Bonchev–Trinajstić information content (AvgIpc) is 2.86. The minimum atomic E-state index is -0.235. The van der Waals surface area contributed by atoms with Crippen molar-refractivity contribution in [3.05, 3.63) is 36.3 Å². The number of hydrazine groups is 1. The molecule has 0 atom stereocenters. The SMILES string of the molecule is CCn1cc(NC(=O)c2ccc(NN)nc2)cn1. The number of anilines is 2. The monoisotopic (exact) mass is 246 g/mol. The fourth-order valence-corrected chi connectivity index (χ4v) is 1.42. The molecule has 0 fully saturated rings. The van der Waals surface area contributed by atoms with Crippen LogP contribution in [0.3, 0.4) is 0 Å². The minimum absolute atomic E-state index is 0.235. The summed E-state index contributed by atoms with van der Waals surface area (Å²) in [5.41, 5.74) is 3.51. The molecular formula is C11H14N6O. The number of carbonyl (C=O) groups excluding carboxylic acids is 1. The van der Waals surface area contributed by atoms with Crippen molar-refractivity contribution in [3.8, 4) is 0 Å². The Morgan fingerprint density at radius 1 is 1.44 bits per heavy atom. The Kier molecular flexibility index (Phi) is 3.54. The first-order valence-electron chi connectivity index (χ1n) is 5.49. The van der Waals surface area contributed by atoms with Gasteiger partial charge in [0.2, 0.25) is 0 Å².